The molecule has 17 heavy (non-hydrogen) atoms. The van der Waals surface area contributed by atoms with Gasteiger partial charge >= 0.3 is 0 Å². The normalized spacial score (nSPS) is 11.2. The van der Waals surface area contributed by atoms with Crippen LogP contribution in [0.15, 0.2) is 24.3 Å². The lowest BCUT2D eigenvalue weighted by molar-refractivity contribution is 0.467. The smallest absolute Gasteiger partial charge is 0.121 e. The highest BCUT2D eigenvalue weighted by molar-refractivity contribution is 7.17. The summed E-state index contributed by atoms with van der Waals surface area (Å²) < 4.78 is 0.794. The van der Waals surface area contributed by atoms with E-state index in [0.717, 1.165) is 25.9 Å². The molecule has 0 saturated carbocycles. The van der Waals surface area contributed by atoms with Gasteiger partial charge in [0.1, 0.15) is 5.75 Å². The molecule has 0 saturated heterocycles. The molecule has 1 aromatic heterocycles. The first-order valence-corrected chi connectivity index (χ1v) is 6.49. The van der Waals surface area contributed by atoms with E-state index in [-0.39, 0.29) is 0 Å². The lowest BCUT2D eigenvalue weighted by Gasteiger charge is -2.04. The Kier molecular flexibility index (Phi) is 3.55. The minimum atomic E-state index is 0.376. The number of phenols is 1. The van der Waals surface area contributed by atoms with Crippen molar-refractivity contribution < 1.29 is 5.11 Å². The first-order chi connectivity index (χ1) is 8.06. The van der Waals surface area contributed by atoms with E-state index in [2.05, 4.69) is 0 Å². The van der Waals surface area contributed by atoms with Gasteiger partial charge < -0.3 is 5.11 Å². The average Bonchev–Trinajstić information content (AvgIpc) is 2.69. The molecule has 0 bridgehead atoms. The van der Waals surface area contributed by atoms with Gasteiger partial charge in [-0.25, -0.2) is 0 Å². The standard InChI is InChI=1S/C14H13ClOS/c1-9-7-11(8-10(2)14(9)16)3-4-12-5-6-13(15)17-12/h3-8,16H,1-2H3/b4-3+. The Hall–Kier alpha value is -1.25. The summed E-state index contributed by atoms with van der Waals surface area (Å²) in [6.45, 7) is 3.81. The molecule has 2 aromatic rings. The number of hydrogen-bond donors (Lipinski definition) is 1. The zero-order valence-electron chi connectivity index (χ0n) is 9.70. The van der Waals surface area contributed by atoms with Crippen LogP contribution in [0.2, 0.25) is 4.34 Å². The summed E-state index contributed by atoms with van der Waals surface area (Å²) in [5.74, 6) is 0.376. The SMILES string of the molecule is Cc1cc(/C=C/c2ccc(Cl)s2)cc(C)c1O. The van der Waals surface area contributed by atoms with E-state index < -0.39 is 0 Å². The maximum Gasteiger partial charge on any atom is 0.121 e. The molecule has 0 radical (unpaired) electrons. The minimum absolute atomic E-state index is 0.376. The molecule has 1 aromatic carbocycles. The topological polar surface area (TPSA) is 20.2 Å². The summed E-state index contributed by atoms with van der Waals surface area (Å²) in [6, 6.07) is 7.81. The van der Waals surface area contributed by atoms with Crippen LogP contribution in [-0.2, 0) is 0 Å². The summed E-state index contributed by atoms with van der Waals surface area (Å²) in [5, 5.41) is 9.68. The molecule has 2 rings (SSSR count). The first-order valence-electron chi connectivity index (χ1n) is 5.30. The van der Waals surface area contributed by atoms with E-state index in [1.165, 1.54) is 0 Å². The van der Waals surface area contributed by atoms with Crippen molar-refractivity contribution in [2.45, 2.75) is 13.8 Å². The molecule has 0 fully saturated rings. The quantitative estimate of drug-likeness (QED) is 0.818. The fraction of sp³-hybridized carbons (Fsp3) is 0.143. The zero-order valence-corrected chi connectivity index (χ0v) is 11.3. The van der Waals surface area contributed by atoms with Crippen LogP contribution in [0.1, 0.15) is 21.6 Å². The zero-order chi connectivity index (χ0) is 12.4. The Morgan fingerprint density at radius 1 is 1.12 bits per heavy atom. The molecule has 1 nitrogen and oxygen atoms in total. The molecule has 3 heteroatoms. The Morgan fingerprint density at radius 3 is 2.29 bits per heavy atom. The second-order valence-corrected chi connectivity index (χ2v) is 5.73. The Bertz CT molecular complexity index is 546. The van der Waals surface area contributed by atoms with Crippen LogP contribution < -0.4 is 0 Å². The molecule has 0 atom stereocenters. The number of aryl methyl sites for hydroxylation is 2. The maximum atomic E-state index is 9.68. The van der Waals surface area contributed by atoms with Crippen LogP contribution in [0.3, 0.4) is 0 Å². The number of hydrogen-bond acceptors (Lipinski definition) is 2. The number of halogens is 1. The van der Waals surface area contributed by atoms with Crippen molar-refractivity contribution in [3.05, 3.63) is 50.2 Å². The van der Waals surface area contributed by atoms with Crippen LogP contribution in [0.5, 0.6) is 5.75 Å². The van der Waals surface area contributed by atoms with E-state index in [1.54, 1.807) is 11.3 Å². The second-order valence-electron chi connectivity index (χ2n) is 3.98. The molecule has 0 unspecified atom stereocenters. The van der Waals surface area contributed by atoms with Gasteiger partial charge in [-0.15, -0.1) is 11.3 Å². The van der Waals surface area contributed by atoms with Crippen molar-refractivity contribution in [1.82, 2.24) is 0 Å². The van der Waals surface area contributed by atoms with Crippen molar-refractivity contribution >= 4 is 35.1 Å². The molecule has 1 heterocycles. The average molecular weight is 265 g/mol. The molecule has 0 aliphatic heterocycles. The van der Waals surface area contributed by atoms with Gasteiger partial charge in [0, 0.05) is 4.88 Å². The molecule has 0 amide bonds. The fourth-order valence-electron chi connectivity index (χ4n) is 1.68. The van der Waals surface area contributed by atoms with Gasteiger partial charge in [0.25, 0.3) is 0 Å². The third-order valence-corrected chi connectivity index (χ3v) is 3.74. The molecular weight excluding hydrogens is 252 g/mol. The summed E-state index contributed by atoms with van der Waals surface area (Å²) >= 11 is 7.41. The Morgan fingerprint density at radius 2 is 1.76 bits per heavy atom. The van der Waals surface area contributed by atoms with Crippen molar-refractivity contribution in [2.24, 2.45) is 0 Å². The fourth-order valence-corrected chi connectivity index (χ4v) is 2.65. The van der Waals surface area contributed by atoms with E-state index in [4.69, 9.17) is 11.6 Å². The molecule has 0 spiro atoms. The van der Waals surface area contributed by atoms with Crippen molar-refractivity contribution in [3.8, 4) is 5.75 Å². The highest BCUT2D eigenvalue weighted by Crippen LogP contribution is 2.26. The minimum Gasteiger partial charge on any atom is -0.507 e. The summed E-state index contributed by atoms with van der Waals surface area (Å²) in [4.78, 5) is 1.12. The third kappa shape index (κ3) is 2.90. The van der Waals surface area contributed by atoms with Gasteiger partial charge in [0.05, 0.1) is 4.34 Å². The van der Waals surface area contributed by atoms with Gasteiger partial charge in [0.2, 0.25) is 0 Å². The lowest BCUT2D eigenvalue weighted by atomic mass is 10.1. The van der Waals surface area contributed by atoms with Crippen LogP contribution in [-0.4, -0.2) is 5.11 Å². The molecule has 1 N–H and O–H groups in total. The van der Waals surface area contributed by atoms with E-state index >= 15 is 0 Å². The van der Waals surface area contributed by atoms with E-state index in [9.17, 15) is 5.11 Å². The second kappa shape index (κ2) is 4.94. The third-order valence-electron chi connectivity index (χ3n) is 2.55. The molecule has 88 valence electrons. The first kappa shape index (κ1) is 12.2. The summed E-state index contributed by atoms with van der Waals surface area (Å²) in [6.07, 6.45) is 4.06. The molecule has 0 aliphatic carbocycles. The largest absolute Gasteiger partial charge is 0.507 e. The summed E-state index contributed by atoms with van der Waals surface area (Å²) in [7, 11) is 0. The Balaban J connectivity index is 2.27. The van der Waals surface area contributed by atoms with Gasteiger partial charge in [-0.05, 0) is 60.9 Å². The highest BCUT2D eigenvalue weighted by Gasteiger charge is 2.01. The predicted molar refractivity (Wildman–Crippen MR) is 75.8 cm³/mol. The maximum absolute atomic E-state index is 9.68. The number of aromatic hydroxyl groups is 1. The number of phenolic OH excluding ortho intramolecular Hbond substituents is 1. The summed E-state index contributed by atoms with van der Waals surface area (Å²) in [5.41, 5.74) is 2.88. The highest BCUT2D eigenvalue weighted by atomic mass is 35.5. The van der Waals surface area contributed by atoms with Gasteiger partial charge in [-0.1, -0.05) is 17.7 Å². The van der Waals surface area contributed by atoms with E-state index in [1.807, 2.05) is 50.3 Å². The van der Waals surface area contributed by atoms with Crippen molar-refractivity contribution in [3.63, 3.8) is 0 Å². The van der Waals surface area contributed by atoms with Crippen LogP contribution in [0.4, 0.5) is 0 Å². The molecule has 0 aliphatic rings. The van der Waals surface area contributed by atoms with Gasteiger partial charge in [0.15, 0.2) is 0 Å². The molecular formula is C14H13ClOS. The Labute approximate surface area is 110 Å². The van der Waals surface area contributed by atoms with Gasteiger partial charge in [-0.3, -0.25) is 0 Å². The van der Waals surface area contributed by atoms with E-state index in [0.29, 0.717) is 5.75 Å². The number of benzene rings is 1. The predicted octanol–water partition coefficient (Wildman–Crippen LogP) is 4.89. The van der Waals surface area contributed by atoms with Crippen LogP contribution in [0.25, 0.3) is 12.2 Å². The van der Waals surface area contributed by atoms with Crippen LogP contribution >= 0.6 is 22.9 Å². The lowest BCUT2D eigenvalue weighted by Crippen LogP contribution is -1.82. The van der Waals surface area contributed by atoms with Crippen LogP contribution in [0, 0.1) is 13.8 Å². The monoisotopic (exact) mass is 264 g/mol. The van der Waals surface area contributed by atoms with Crippen molar-refractivity contribution in [1.29, 1.82) is 0 Å². The number of rotatable bonds is 2. The number of thiophene rings is 1. The van der Waals surface area contributed by atoms with Gasteiger partial charge in [-0.2, -0.15) is 0 Å². The van der Waals surface area contributed by atoms with Crippen molar-refractivity contribution in [2.75, 3.05) is 0 Å².